The molecular weight excluding hydrogens is 550 g/mol. The summed E-state index contributed by atoms with van der Waals surface area (Å²) in [6.45, 7) is -0.420. The van der Waals surface area contributed by atoms with Crippen molar-refractivity contribution in [3.8, 4) is 11.5 Å². The highest BCUT2D eigenvalue weighted by Gasteiger charge is 2.27. The van der Waals surface area contributed by atoms with Gasteiger partial charge in [0.1, 0.15) is 0 Å². The van der Waals surface area contributed by atoms with Crippen molar-refractivity contribution >= 4 is 57.4 Å². The Hall–Kier alpha value is -4.96. The Morgan fingerprint density at radius 1 is 1.07 bits per heavy atom. The third-order valence-corrected chi connectivity index (χ3v) is 7.21. The topological polar surface area (TPSA) is 130 Å². The minimum absolute atomic E-state index is 0.0481. The van der Waals surface area contributed by atoms with Crippen molar-refractivity contribution in [1.82, 2.24) is 4.98 Å². The predicted octanol–water partition coefficient (Wildman–Crippen LogP) is 6.20. The summed E-state index contributed by atoms with van der Waals surface area (Å²) in [7, 11) is 0. The van der Waals surface area contributed by atoms with E-state index >= 15 is 0 Å². The van der Waals surface area contributed by atoms with Gasteiger partial charge in [0.2, 0.25) is 6.79 Å². The molecule has 0 bridgehead atoms. The smallest absolute Gasteiger partial charge is 0.339 e. The molecule has 3 aromatic carbocycles. The lowest BCUT2D eigenvalue weighted by Crippen LogP contribution is -2.22. The van der Waals surface area contributed by atoms with Gasteiger partial charge in [-0.2, -0.15) is 0 Å². The maximum absolute atomic E-state index is 13.5. The Kier molecular flexibility index (Phi) is 6.98. The number of halogens is 1. The van der Waals surface area contributed by atoms with Crippen LogP contribution in [0.3, 0.4) is 0 Å². The number of nitrogens with zero attached hydrogens (tertiary/aromatic N) is 2. The number of pyridine rings is 1. The van der Waals surface area contributed by atoms with Crippen LogP contribution in [0.1, 0.15) is 40.0 Å². The molecule has 4 aromatic rings. The molecule has 2 aliphatic rings. The van der Waals surface area contributed by atoms with E-state index in [1.807, 2.05) is 42.5 Å². The molecule has 1 aliphatic heterocycles. The number of allylic oxidation sites excluding steroid dienone is 1. The molecule has 1 aromatic heterocycles. The van der Waals surface area contributed by atoms with Gasteiger partial charge in [0.15, 0.2) is 18.1 Å². The largest absolute Gasteiger partial charge is 0.454 e. The summed E-state index contributed by atoms with van der Waals surface area (Å²) in [5.41, 5.74) is 4.18. The van der Waals surface area contributed by atoms with E-state index in [2.05, 4.69) is 5.32 Å². The molecule has 206 valence electrons. The first kappa shape index (κ1) is 26.3. The highest BCUT2D eigenvalue weighted by Crippen LogP contribution is 2.38. The summed E-state index contributed by atoms with van der Waals surface area (Å²) >= 11 is 6.08. The Morgan fingerprint density at radius 2 is 1.90 bits per heavy atom. The fourth-order valence-electron chi connectivity index (χ4n) is 5.02. The molecule has 0 spiro atoms. The van der Waals surface area contributed by atoms with Gasteiger partial charge in [-0.15, -0.1) is 0 Å². The number of carbonyl (C=O) groups is 2. The lowest BCUT2D eigenvalue weighted by atomic mass is 9.86. The summed E-state index contributed by atoms with van der Waals surface area (Å²) in [4.78, 5) is 41.5. The first-order valence-electron chi connectivity index (χ1n) is 12.8. The minimum atomic E-state index is -0.684. The monoisotopic (exact) mass is 571 g/mol. The van der Waals surface area contributed by atoms with Gasteiger partial charge in [-0.25, -0.2) is 9.78 Å². The second kappa shape index (κ2) is 10.9. The normalized spacial score (nSPS) is 14.5. The van der Waals surface area contributed by atoms with Crippen molar-refractivity contribution in [3.05, 3.63) is 98.2 Å². The molecule has 6 rings (SSSR count). The SMILES string of the molecule is O=C(COC(=O)c1c2c(nc3ccccc13)/C(=C/c1ccc3c(c1)OCO3)CCC2)Nc1cc([N+](=O)[O-])ccc1Cl. The number of non-ortho nitro benzene ring substituents is 1. The van der Waals surface area contributed by atoms with Gasteiger partial charge in [0.25, 0.3) is 11.6 Å². The first-order chi connectivity index (χ1) is 19.9. The standard InChI is InChI=1S/C30H22ClN3O7/c31-22-10-9-19(34(37)38)14-24(22)32-27(35)15-39-30(36)28-20-5-1-2-7-23(20)33-29-18(4-3-6-21(28)29)12-17-8-11-25-26(13-17)41-16-40-25/h1-2,5,7-14H,3-4,6,15-16H2,(H,32,35)/b18-12+. The van der Waals surface area contributed by atoms with Crippen LogP contribution in [0.2, 0.25) is 5.02 Å². The summed E-state index contributed by atoms with van der Waals surface area (Å²) in [6, 6.07) is 16.7. The van der Waals surface area contributed by atoms with E-state index in [1.54, 1.807) is 6.07 Å². The van der Waals surface area contributed by atoms with Crippen LogP contribution in [0.15, 0.2) is 60.7 Å². The molecule has 2 heterocycles. The van der Waals surface area contributed by atoms with Crippen molar-refractivity contribution < 1.29 is 28.7 Å². The van der Waals surface area contributed by atoms with Crippen LogP contribution < -0.4 is 14.8 Å². The third kappa shape index (κ3) is 5.29. The molecule has 1 N–H and O–H groups in total. The van der Waals surface area contributed by atoms with Crippen LogP contribution in [-0.4, -0.2) is 35.2 Å². The lowest BCUT2D eigenvalue weighted by Gasteiger charge is -2.22. The number of anilines is 1. The number of rotatable bonds is 6. The number of nitrogens with one attached hydrogen (secondary N) is 1. The zero-order valence-corrected chi connectivity index (χ0v) is 22.3. The summed E-state index contributed by atoms with van der Waals surface area (Å²) in [5, 5.41) is 14.3. The average molecular weight is 572 g/mol. The molecule has 0 saturated heterocycles. The number of nitro groups is 1. The zero-order valence-electron chi connectivity index (χ0n) is 21.5. The van der Waals surface area contributed by atoms with Crippen LogP contribution in [-0.2, 0) is 16.0 Å². The summed E-state index contributed by atoms with van der Waals surface area (Å²) < 4.78 is 16.4. The number of para-hydroxylation sites is 1. The molecule has 0 atom stereocenters. The van der Waals surface area contributed by atoms with Crippen LogP contribution >= 0.6 is 11.6 Å². The maximum atomic E-state index is 13.5. The van der Waals surface area contributed by atoms with E-state index in [0.717, 1.165) is 35.6 Å². The number of esters is 1. The summed E-state index contributed by atoms with van der Waals surface area (Å²) in [6.07, 6.45) is 4.22. The molecule has 41 heavy (non-hydrogen) atoms. The number of ether oxygens (including phenoxy) is 3. The molecule has 1 aliphatic carbocycles. The Bertz CT molecular complexity index is 1770. The van der Waals surface area contributed by atoms with Crippen molar-refractivity contribution in [2.75, 3.05) is 18.7 Å². The van der Waals surface area contributed by atoms with Gasteiger partial charge in [0, 0.05) is 17.5 Å². The van der Waals surface area contributed by atoms with Crippen LogP contribution in [0.25, 0.3) is 22.6 Å². The van der Waals surface area contributed by atoms with Crippen molar-refractivity contribution in [2.24, 2.45) is 0 Å². The Labute approximate surface area is 238 Å². The van der Waals surface area contributed by atoms with Gasteiger partial charge >= 0.3 is 5.97 Å². The molecule has 0 unspecified atom stereocenters. The number of amides is 1. The van der Waals surface area contributed by atoms with Crippen LogP contribution in [0.4, 0.5) is 11.4 Å². The van der Waals surface area contributed by atoms with Gasteiger partial charge in [0.05, 0.1) is 32.4 Å². The molecule has 11 heteroatoms. The van der Waals surface area contributed by atoms with E-state index in [4.69, 9.17) is 30.8 Å². The second-order valence-electron chi connectivity index (χ2n) is 9.51. The van der Waals surface area contributed by atoms with E-state index in [1.165, 1.54) is 12.1 Å². The van der Waals surface area contributed by atoms with Gasteiger partial charge < -0.3 is 19.5 Å². The fraction of sp³-hybridized carbons (Fsp3) is 0.167. The molecule has 1 amide bonds. The minimum Gasteiger partial charge on any atom is -0.454 e. The van der Waals surface area contributed by atoms with Crippen molar-refractivity contribution in [3.63, 3.8) is 0 Å². The van der Waals surface area contributed by atoms with E-state index in [-0.39, 0.29) is 23.2 Å². The van der Waals surface area contributed by atoms with E-state index < -0.39 is 23.4 Å². The highest BCUT2D eigenvalue weighted by atomic mass is 35.5. The van der Waals surface area contributed by atoms with E-state index in [0.29, 0.717) is 40.1 Å². The number of hydrogen-bond acceptors (Lipinski definition) is 8. The first-order valence-corrected chi connectivity index (χ1v) is 13.2. The quantitative estimate of drug-likeness (QED) is 0.164. The van der Waals surface area contributed by atoms with Crippen molar-refractivity contribution in [1.29, 1.82) is 0 Å². The average Bonchev–Trinajstić information content (AvgIpc) is 3.44. The molecular formula is C30H22ClN3O7. The summed E-state index contributed by atoms with van der Waals surface area (Å²) in [5.74, 6) is 0.0266. The molecule has 0 saturated carbocycles. The number of aromatic nitrogens is 1. The Morgan fingerprint density at radius 3 is 2.76 bits per heavy atom. The second-order valence-corrected chi connectivity index (χ2v) is 9.92. The molecule has 0 fully saturated rings. The number of carbonyl (C=O) groups excluding carboxylic acids is 2. The van der Waals surface area contributed by atoms with E-state index in [9.17, 15) is 19.7 Å². The number of hydrogen-bond donors (Lipinski definition) is 1. The zero-order chi connectivity index (χ0) is 28.5. The van der Waals surface area contributed by atoms with Gasteiger partial charge in [-0.1, -0.05) is 35.9 Å². The third-order valence-electron chi connectivity index (χ3n) is 6.88. The Balaban J connectivity index is 1.29. The number of nitro benzene ring substituents is 1. The van der Waals surface area contributed by atoms with Gasteiger partial charge in [-0.3, -0.25) is 14.9 Å². The van der Waals surface area contributed by atoms with Crippen LogP contribution in [0.5, 0.6) is 11.5 Å². The van der Waals surface area contributed by atoms with Crippen molar-refractivity contribution in [2.45, 2.75) is 19.3 Å². The van der Waals surface area contributed by atoms with Gasteiger partial charge in [-0.05, 0) is 66.3 Å². The molecule has 10 nitrogen and oxygen atoms in total. The number of benzene rings is 3. The highest BCUT2D eigenvalue weighted by molar-refractivity contribution is 6.33. The fourth-order valence-corrected chi connectivity index (χ4v) is 5.19. The maximum Gasteiger partial charge on any atom is 0.339 e. The number of fused-ring (bicyclic) bond motifs is 3. The molecule has 0 radical (unpaired) electrons. The predicted molar refractivity (Wildman–Crippen MR) is 152 cm³/mol. The lowest BCUT2D eigenvalue weighted by molar-refractivity contribution is -0.384. The van der Waals surface area contributed by atoms with Crippen LogP contribution in [0, 0.1) is 10.1 Å².